The summed E-state index contributed by atoms with van der Waals surface area (Å²) in [5.74, 6) is -0.458. The Hall–Kier alpha value is -3.14. The van der Waals surface area contributed by atoms with Crippen molar-refractivity contribution in [1.29, 1.82) is 0 Å². The van der Waals surface area contributed by atoms with E-state index in [0.29, 0.717) is 5.75 Å². The minimum Gasteiger partial charge on any atom is -0.458 e. The van der Waals surface area contributed by atoms with E-state index in [1.807, 2.05) is 38.1 Å². The average molecular weight is 336 g/mol. The van der Waals surface area contributed by atoms with Gasteiger partial charge in [-0.2, -0.15) is 0 Å². The van der Waals surface area contributed by atoms with Gasteiger partial charge in [0, 0.05) is 12.2 Å². The van der Waals surface area contributed by atoms with Crippen molar-refractivity contribution in [1.82, 2.24) is 0 Å². The van der Waals surface area contributed by atoms with Gasteiger partial charge in [-0.3, -0.25) is 0 Å². The van der Waals surface area contributed by atoms with Crippen molar-refractivity contribution in [3.05, 3.63) is 78.4 Å². The Kier molecular flexibility index (Phi) is 5.90. The zero-order valence-electron chi connectivity index (χ0n) is 14.4. The Morgan fingerprint density at radius 3 is 2.00 bits per heavy atom. The molecule has 0 bridgehead atoms. The zero-order chi connectivity index (χ0) is 18.4. The van der Waals surface area contributed by atoms with Gasteiger partial charge in [0.05, 0.1) is 0 Å². The third kappa shape index (κ3) is 4.67. The van der Waals surface area contributed by atoms with Crippen LogP contribution in [0.25, 0.3) is 11.1 Å². The monoisotopic (exact) mass is 336 g/mol. The Morgan fingerprint density at radius 2 is 1.48 bits per heavy atom. The van der Waals surface area contributed by atoms with Gasteiger partial charge in [0.1, 0.15) is 12.4 Å². The Morgan fingerprint density at radius 1 is 0.920 bits per heavy atom. The first kappa shape index (κ1) is 18.2. The van der Waals surface area contributed by atoms with E-state index in [0.717, 1.165) is 40.0 Å². The summed E-state index contributed by atoms with van der Waals surface area (Å²) in [6.45, 7) is 10.9. The fourth-order valence-electron chi connectivity index (χ4n) is 2.46. The van der Waals surface area contributed by atoms with E-state index >= 15 is 0 Å². The van der Waals surface area contributed by atoms with Crippen molar-refractivity contribution < 1.29 is 19.1 Å². The van der Waals surface area contributed by atoms with Crippen molar-refractivity contribution in [2.75, 3.05) is 0 Å². The number of carbonyl (C=O) groups excluding carboxylic acids is 2. The van der Waals surface area contributed by atoms with E-state index in [9.17, 15) is 9.59 Å². The molecular weight excluding hydrogens is 316 g/mol. The van der Waals surface area contributed by atoms with Crippen LogP contribution >= 0.6 is 0 Å². The van der Waals surface area contributed by atoms with Crippen LogP contribution in [0.4, 0.5) is 0 Å². The minimum absolute atomic E-state index is 0.221. The molecule has 4 heteroatoms. The van der Waals surface area contributed by atoms with Gasteiger partial charge in [0.15, 0.2) is 0 Å². The van der Waals surface area contributed by atoms with Crippen molar-refractivity contribution >= 4 is 11.9 Å². The molecule has 0 aliphatic heterocycles. The van der Waals surface area contributed by atoms with Crippen LogP contribution in [0.15, 0.2) is 61.7 Å². The maximum atomic E-state index is 11.2. The molecule has 0 amide bonds. The smallest absolute Gasteiger partial charge is 0.335 e. The summed E-state index contributed by atoms with van der Waals surface area (Å²) in [6, 6.07) is 11.3. The van der Waals surface area contributed by atoms with Gasteiger partial charge in [-0.25, -0.2) is 9.59 Å². The summed E-state index contributed by atoms with van der Waals surface area (Å²) in [6.07, 6.45) is 2.28. The van der Waals surface area contributed by atoms with Crippen LogP contribution in [-0.2, 0) is 20.9 Å². The lowest BCUT2D eigenvalue weighted by Gasteiger charge is -2.13. The van der Waals surface area contributed by atoms with Gasteiger partial charge in [-0.15, -0.1) is 0 Å². The number of aryl methyl sites for hydroxylation is 2. The number of benzene rings is 2. The normalized spacial score (nSPS) is 10.0. The van der Waals surface area contributed by atoms with Crippen LogP contribution in [0.3, 0.4) is 0 Å². The number of esters is 2. The van der Waals surface area contributed by atoms with Crippen LogP contribution in [-0.4, -0.2) is 11.9 Å². The van der Waals surface area contributed by atoms with Gasteiger partial charge < -0.3 is 9.47 Å². The first-order valence-electron chi connectivity index (χ1n) is 7.78. The summed E-state index contributed by atoms with van der Waals surface area (Å²) >= 11 is 0. The van der Waals surface area contributed by atoms with Crippen molar-refractivity contribution in [2.45, 2.75) is 20.5 Å². The molecule has 0 heterocycles. The minimum atomic E-state index is -0.488. The lowest BCUT2D eigenvalue weighted by Crippen LogP contribution is -2.04. The topological polar surface area (TPSA) is 52.6 Å². The van der Waals surface area contributed by atoms with Crippen LogP contribution in [0.2, 0.25) is 0 Å². The first-order chi connectivity index (χ1) is 11.9. The molecule has 128 valence electrons. The van der Waals surface area contributed by atoms with Crippen molar-refractivity contribution in [2.24, 2.45) is 0 Å². The molecule has 0 fully saturated rings. The number of hydrogen-bond acceptors (Lipinski definition) is 4. The third-order valence-electron chi connectivity index (χ3n) is 3.79. The van der Waals surface area contributed by atoms with Gasteiger partial charge in [0.25, 0.3) is 0 Å². The Balaban J connectivity index is 2.22. The van der Waals surface area contributed by atoms with Crippen LogP contribution in [0.1, 0.15) is 16.7 Å². The molecule has 0 aliphatic rings. The zero-order valence-corrected chi connectivity index (χ0v) is 14.4. The van der Waals surface area contributed by atoms with Gasteiger partial charge in [-0.05, 0) is 53.8 Å². The molecule has 0 aliphatic carbocycles. The maximum Gasteiger partial charge on any atom is 0.335 e. The Labute approximate surface area is 147 Å². The molecule has 0 aromatic heterocycles. The second-order valence-electron chi connectivity index (χ2n) is 5.55. The summed E-state index contributed by atoms with van der Waals surface area (Å²) < 4.78 is 10.2. The van der Waals surface area contributed by atoms with E-state index in [4.69, 9.17) is 9.47 Å². The van der Waals surface area contributed by atoms with Gasteiger partial charge in [-0.1, -0.05) is 37.4 Å². The molecule has 0 saturated carbocycles. The van der Waals surface area contributed by atoms with E-state index in [2.05, 4.69) is 13.2 Å². The summed E-state index contributed by atoms with van der Waals surface area (Å²) in [7, 11) is 0. The molecule has 0 radical (unpaired) electrons. The molecular formula is C21H20O4. The molecule has 0 N–H and O–H groups in total. The number of rotatable bonds is 6. The largest absolute Gasteiger partial charge is 0.458 e. The van der Waals surface area contributed by atoms with Crippen LogP contribution < -0.4 is 4.74 Å². The van der Waals surface area contributed by atoms with Crippen molar-refractivity contribution in [3.8, 4) is 16.9 Å². The molecule has 2 rings (SSSR count). The standard InChI is InChI=1S/C21H20O4/c1-5-20(22)24-13-19-14(3)11-17(12-15(19)4)16-7-9-18(10-8-16)25-21(23)6-2/h5-12H,1-2,13H2,3-4H3. The first-order valence-corrected chi connectivity index (χ1v) is 7.78. The molecule has 0 atom stereocenters. The van der Waals surface area contributed by atoms with Crippen molar-refractivity contribution in [3.63, 3.8) is 0 Å². The highest BCUT2D eigenvalue weighted by molar-refractivity contribution is 5.83. The van der Waals surface area contributed by atoms with E-state index < -0.39 is 11.9 Å². The summed E-state index contributed by atoms with van der Waals surface area (Å²) in [4.78, 5) is 22.5. The second-order valence-corrected chi connectivity index (χ2v) is 5.55. The predicted octanol–water partition coefficient (Wildman–Crippen LogP) is 4.29. The molecule has 2 aromatic rings. The van der Waals surface area contributed by atoms with E-state index in [1.165, 1.54) is 0 Å². The highest BCUT2D eigenvalue weighted by Gasteiger charge is 2.09. The molecule has 4 nitrogen and oxygen atoms in total. The van der Waals surface area contributed by atoms with Gasteiger partial charge in [0.2, 0.25) is 0 Å². The quantitative estimate of drug-likeness (QED) is 0.448. The maximum absolute atomic E-state index is 11.2. The van der Waals surface area contributed by atoms with Crippen LogP contribution in [0, 0.1) is 13.8 Å². The SMILES string of the molecule is C=CC(=O)OCc1c(C)cc(-c2ccc(OC(=O)C=C)cc2)cc1C. The summed E-state index contributed by atoms with van der Waals surface area (Å²) in [5, 5.41) is 0. The fourth-order valence-corrected chi connectivity index (χ4v) is 2.46. The average Bonchev–Trinajstić information content (AvgIpc) is 2.61. The predicted molar refractivity (Wildman–Crippen MR) is 97.2 cm³/mol. The fraction of sp³-hybridized carbons (Fsp3) is 0.143. The molecule has 0 saturated heterocycles. The van der Waals surface area contributed by atoms with E-state index in [-0.39, 0.29) is 6.61 Å². The Bertz CT molecular complexity index is 793. The van der Waals surface area contributed by atoms with Crippen LogP contribution in [0.5, 0.6) is 5.75 Å². The lowest BCUT2D eigenvalue weighted by atomic mass is 9.96. The van der Waals surface area contributed by atoms with E-state index in [1.54, 1.807) is 12.1 Å². The highest BCUT2D eigenvalue weighted by atomic mass is 16.5. The number of carbonyl (C=O) groups is 2. The van der Waals surface area contributed by atoms with Gasteiger partial charge >= 0.3 is 11.9 Å². The molecule has 0 unspecified atom stereocenters. The number of ether oxygens (including phenoxy) is 2. The number of hydrogen-bond donors (Lipinski definition) is 0. The molecule has 2 aromatic carbocycles. The molecule has 0 spiro atoms. The summed E-state index contributed by atoms with van der Waals surface area (Å²) in [5.41, 5.74) is 5.09. The third-order valence-corrected chi connectivity index (χ3v) is 3.79. The highest BCUT2D eigenvalue weighted by Crippen LogP contribution is 2.27. The molecule has 25 heavy (non-hydrogen) atoms. The second kappa shape index (κ2) is 8.11. The lowest BCUT2D eigenvalue weighted by molar-refractivity contribution is -0.139.